The summed E-state index contributed by atoms with van der Waals surface area (Å²) in [7, 11) is 0. The summed E-state index contributed by atoms with van der Waals surface area (Å²) in [5, 5.41) is 3.51. The molecule has 1 rings (SSSR count). The fraction of sp³-hybridized carbons (Fsp3) is 0.300. The molecular weight excluding hydrogens is 235 g/mol. The predicted molar refractivity (Wildman–Crippen MR) is 62.4 cm³/mol. The van der Waals surface area contributed by atoms with E-state index in [9.17, 15) is 4.79 Å². The van der Waals surface area contributed by atoms with E-state index in [4.69, 9.17) is 28.9 Å². The third kappa shape index (κ3) is 3.70. The van der Waals surface area contributed by atoms with E-state index in [0.717, 1.165) is 0 Å². The summed E-state index contributed by atoms with van der Waals surface area (Å²) in [6.45, 7) is 2.21. The van der Waals surface area contributed by atoms with Crippen molar-refractivity contribution in [2.75, 3.05) is 6.54 Å². The van der Waals surface area contributed by atoms with Gasteiger partial charge in [-0.15, -0.1) is 0 Å². The molecule has 0 aliphatic rings. The molecular formula is C10H12Cl2N2O. The second-order valence-electron chi connectivity index (χ2n) is 3.31. The maximum Gasteiger partial charge on any atom is 0.252 e. The van der Waals surface area contributed by atoms with Crippen molar-refractivity contribution in [3.63, 3.8) is 0 Å². The van der Waals surface area contributed by atoms with Gasteiger partial charge in [0.05, 0.1) is 10.6 Å². The van der Waals surface area contributed by atoms with Gasteiger partial charge in [0.1, 0.15) is 0 Å². The van der Waals surface area contributed by atoms with Gasteiger partial charge in [0, 0.05) is 17.6 Å². The lowest BCUT2D eigenvalue weighted by atomic mass is 10.2. The molecule has 15 heavy (non-hydrogen) atoms. The number of nitrogens with two attached hydrogens (primary N) is 1. The molecule has 0 saturated carbocycles. The lowest BCUT2D eigenvalue weighted by Gasteiger charge is -2.08. The number of rotatable bonds is 3. The van der Waals surface area contributed by atoms with Crippen molar-refractivity contribution in [3.8, 4) is 0 Å². The van der Waals surface area contributed by atoms with Crippen LogP contribution < -0.4 is 11.1 Å². The molecule has 0 aliphatic heterocycles. The summed E-state index contributed by atoms with van der Waals surface area (Å²) in [6.07, 6.45) is 0. The summed E-state index contributed by atoms with van der Waals surface area (Å²) in [5.74, 6) is -0.264. The lowest BCUT2D eigenvalue weighted by Crippen LogP contribution is -2.35. The molecule has 0 aliphatic carbocycles. The molecule has 1 atom stereocenters. The van der Waals surface area contributed by atoms with Crippen LogP contribution in [0.15, 0.2) is 18.2 Å². The third-order valence-electron chi connectivity index (χ3n) is 1.76. The highest BCUT2D eigenvalue weighted by molar-refractivity contribution is 6.35. The quantitative estimate of drug-likeness (QED) is 0.859. The van der Waals surface area contributed by atoms with Crippen LogP contribution in [-0.2, 0) is 0 Å². The third-order valence-corrected chi connectivity index (χ3v) is 2.32. The first-order valence-electron chi connectivity index (χ1n) is 4.49. The summed E-state index contributed by atoms with van der Waals surface area (Å²) < 4.78 is 0. The van der Waals surface area contributed by atoms with Gasteiger partial charge in [0.15, 0.2) is 0 Å². The number of halogens is 2. The van der Waals surface area contributed by atoms with Crippen LogP contribution in [0, 0.1) is 0 Å². The molecule has 0 heterocycles. The second-order valence-corrected chi connectivity index (χ2v) is 4.16. The molecule has 1 aromatic carbocycles. The van der Waals surface area contributed by atoms with Crippen LogP contribution >= 0.6 is 23.2 Å². The van der Waals surface area contributed by atoms with E-state index in [2.05, 4.69) is 5.32 Å². The Labute approximate surface area is 98.5 Å². The van der Waals surface area contributed by atoms with Crippen molar-refractivity contribution in [3.05, 3.63) is 33.8 Å². The summed E-state index contributed by atoms with van der Waals surface area (Å²) >= 11 is 11.6. The van der Waals surface area contributed by atoms with Crippen LogP contribution in [0.4, 0.5) is 0 Å². The number of carbonyl (C=O) groups is 1. The van der Waals surface area contributed by atoms with Gasteiger partial charge in [-0.3, -0.25) is 4.79 Å². The van der Waals surface area contributed by atoms with E-state index in [1.165, 1.54) is 6.07 Å². The standard InChI is InChI=1S/C10H12Cl2N2O/c1-6(13)5-14-10(15)8-4-7(11)2-3-9(8)12/h2-4,6H,5,13H2,1H3,(H,14,15). The van der Waals surface area contributed by atoms with Gasteiger partial charge in [-0.25, -0.2) is 0 Å². The van der Waals surface area contributed by atoms with Crippen molar-refractivity contribution >= 4 is 29.1 Å². The molecule has 0 radical (unpaired) electrons. The molecule has 0 spiro atoms. The van der Waals surface area contributed by atoms with E-state index in [0.29, 0.717) is 22.2 Å². The smallest absolute Gasteiger partial charge is 0.252 e. The van der Waals surface area contributed by atoms with E-state index < -0.39 is 0 Å². The molecule has 1 aromatic rings. The molecule has 82 valence electrons. The molecule has 5 heteroatoms. The highest BCUT2D eigenvalue weighted by Gasteiger charge is 2.10. The van der Waals surface area contributed by atoms with Gasteiger partial charge < -0.3 is 11.1 Å². The maximum atomic E-state index is 11.6. The highest BCUT2D eigenvalue weighted by atomic mass is 35.5. The number of amides is 1. The SMILES string of the molecule is CC(N)CNC(=O)c1cc(Cl)ccc1Cl. The van der Waals surface area contributed by atoms with Gasteiger partial charge in [0.2, 0.25) is 0 Å². The van der Waals surface area contributed by atoms with E-state index in [1.54, 1.807) is 19.1 Å². The minimum atomic E-state index is -0.264. The molecule has 0 aromatic heterocycles. The van der Waals surface area contributed by atoms with Crippen LogP contribution in [0.25, 0.3) is 0 Å². The topological polar surface area (TPSA) is 55.1 Å². The van der Waals surface area contributed by atoms with Gasteiger partial charge >= 0.3 is 0 Å². The lowest BCUT2D eigenvalue weighted by molar-refractivity contribution is 0.0952. The Bertz CT molecular complexity index is 366. The first kappa shape index (κ1) is 12.3. The summed E-state index contributed by atoms with van der Waals surface area (Å²) in [6, 6.07) is 4.66. The molecule has 1 amide bonds. The van der Waals surface area contributed by atoms with Crippen molar-refractivity contribution in [2.24, 2.45) is 5.73 Å². The molecule has 3 nitrogen and oxygen atoms in total. The van der Waals surface area contributed by atoms with Crippen LogP contribution in [0.5, 0.6) is 0 Å². The van der Waals surface area contributed by atoms with Crippen molar-refractivity contribution in [1.82, 2.24) is 5.32 Å². The number of hydrogen-bond acceptors (Lipinski definition) is 2. The van der Waals surface area contributed by atoms with Gasteiger partial charge in [-0.1, -0.05) is 23.2 Å². The Hall–Kier alpha value is -0.770. The first-order chi connectivity index (χ1) is 7.00. The fourth-order valence-corrected chi connectivity index (χ4v) is 1.40. The Balaban J connectivity index is 2.77. The number of hydrogen-bond donors (Lipinski definition) is 2. The second kappa shape index (κ2) is 5.35. The predicted octanol–water partition coefficient (Wildman–Crippen LogP) is 2.07. The molecule has 0 bridgehead atoms. The largest absolute Gasteiger partial charge is 0.350 e. The zero-order valence-electron chi connectivity index (χ0n) is 8.26. The van der Waals surface area contributed by atoms with Crippen molar-refractivity contribution in [2.45, 2.75) is 13.0 Å². The monoisotopic (exact) mass is 246 g/mol. The first-order valence-corrected chi connectivity index (χ1v) is 5.25. The van der Waals surface area contributed by atoms with Crippen LogP contribution in [0.2, 0.25) is 10.0 Å². The average molecular weight is 247 g/mol. The minimum Gasteiger partial charge on any atom is -0.350 e. The zero-order chi connectivity index (χ0) is 11.4. The Morgan fingerprint density at radius 1 is 1.53 bits per heavy atom. The molecule has 1 unspecified atom stereocenters. The maximum absolute atomic E-state index is 11.6. The van der Waals surface area contributed by atoms with Crippen LogP contribution in [-0.4, -0.2) is 18.5 Å². The highest BCUT2D eigenvalue weighted by Crippen LogP contribution is 2.20. The Morgan fingerprint density at radius 2 is 2.20 bits per heavy atom. The average Bonchev–Trinajstić information content (AvgIpc) is 2.18. The number of benzene rings is 1. The van der Waals surface area contributed by atoms with Gasteiger partial charge in [0.25, 0.3) is 5.91 Å². The van der Waals surface area contributed by atoms with Gasteiger partial charge in [-0.05, 0) is 25.1 Å². The number of nitrogens with one attached hydrogen (secondary N) is 1. The van der Waals surface area contributed by atoms with Crippen LogP contribution in [0.3, 0.4) is 0 Å². The number of carbonyl (C=O) groups excluding carboxylic acids is 1. The summed E-state index contributed by atoms with van der Waals surface area (Å²) in [4.78, 5) is 11.6. The molecule has 0 saturated heterocycles. The van der Waals surface area contributed by atoms with Crippen molar-refractivity contribution in [1.29, 1.82) is 0 Å². The normalized spacial score (nSPS) is 12.3. The van der Waals surface area contributed by atoms with E-state index >= 15 is 0 Å². The van der Waals surface area contributed by atoms with Gasteiger partial charge in [-0.2, -0.15) is 0 Å². The zero-order valence-corrected chi connectivity index (χ0v) is 9.77. The van der Waals surface area contributed by atoms with Crippen LogP contribution in [0.1, 0.15) is 17.3 Å². The Morgan fingerprint density at radius 3 is 2.80 bits per heavy atom. The van der Waals surface area contributed by atoms with E-state index in [1.807, 2.05) is 0 Å². The minimum absolute atomic E-state index is 0.0908. The van der Waals surface area contributed by atoms with E-state index in [-0.39, 0.29) is 11.9 Å². The Kier molecular flexibility index (Phi) is 4.39. The fourth-order valence-electron chi connectivity index (χ4n) is 1.02. The summed E-state index contributed by atoms with van der Waals surface area (Å²) in [5.41, 5.74) is 5.88. The molecule has 3 N–H and O–H groups in total. The van der Waals surface area contributed by atoms with Crippen molar-refractivity contribution < 1.29 is 4.79 Å². The molecule has 0 fully saturated rings.